The van der Waals surface area contributed by atoms with Gasteiger partial charge in [0.1, 0.15) is 5.56 Å². The normalized spacial score (nSPS) is 11.7. The molecule has 0 aliphatic heterocycles. The zero-order chi connectivity index (χ0) is 41.6. The molecule has 2 amide bonds. The number of carbonyl (C=O) groups is 2. The van der Waals surface area contributed by atoms with Crippen molar-refractivity contribution in [3.63, 3.8) is 0 Å². The fourth-order valence-corrected chi connectivity index (χ4v) is 6.52. The Morgan fingerprint density at radius 2 is 1.44 bits per heavy atom. The Morgan fingerprint density at radius 1 is 0.807 bits per heavy atom. The summed E-state index contributed by atoms with van der Waals surface area (Å²) in [7, 11) is 11.6. The number of nitrogens with one attached hydrogen (secondary N) is 3. The van der Waals surface area contributed by atoms with Crippen LogP contribution in [0.3, 0.4) is 0 Å². The van der Waals surface area contributed by atoms with Gasteiger partial charge in [-0.1, -0.05) is 6.07 Å². The highest BCUT2D eigenvalue weighted by Crippen LogP contribution is 2.40. The molecule has 57 heavy (non-hydrogen) atoms. The van der Waals surface area contributed by atoms with Crippen LogP contribution in [0.4, 0.5) is 53.2 Å². The number of rotatable bonds is 16. The van der Waals surface area contributed by atoms with Crippen LogP contribution in [0.2, 0.25) is 0 Å². The predicted molar refractivity (Wildman–Crippen MR) is 224 cm³/mol. The van der Waals surface area contributed by atoms with E-state index in [4.69, 9.17) is 5.73 Å². The summed E-state index contributed by atoms with van der Waals surface area (Å²) in [6.45, 7) is 6.44. The van der Waals surface area contributed by atoms with E-state index in [1.807, 2.05) is 70.5 Å². The van der Waals surface area contributed by atoms with Gasteiger partial charge < -0.3 is 45.9 Å². The first-order chi connectivity index (χ1) is 26.9. The van der Waals surface area contributed by atoms with Gasteiger partial charge in [0.05, 0.1) is 28.4 Å². The maximum atomic E-state index is 14.5. The minimum absolute atomic E-state index is 0.0246. The zero-order valence-corrected chi connectivity index (χ0v) is 33.8. The second-order valence-electron chi connectivity index (χ2n) is 14.7. The lowest BCUT2D eigenvalue weighted by atomic mass is 10.0. The minimum atomic E-state index is -4.71. The number of carbonyl (C=O) groups excluding carboxylic acids is 2. The number of anilines is 7. The molecule has 0 aliphatic carbocycles. The smallest absolute Gasteiger partial charge is 0.399 e. The number of benzene rings is 3. The summed E-state index contributed by atoms with van der Waals surface area (Å²) in [5.74, 6) is -0.468. The number of aromatic nitrogens is 3. The first-order valence-electron chi connectivity index (χ1n) is 18.5. The van der Waals surface area contributed by atoms with E-state index in [0.29, 0.717) is 66.3 Å². The molecule has 0 aliphatic rings. The summed E-state index contributed by atoms with van der Waals surface area (Å²) in [6, 6.07) is 16.6. The SMILES string of the molecule is CC(=O)Nc1cc(Nc2ncc(C(F)(F)F)c(-c3cn(C)c4ccc(CCN(C)CCN(C)c5ccc(N)cc5NC(C)=O)cc34)n2)ccc1N(C)CCN(C)C. The standard InChI is InChI=1S/C41H52F3N11O2/c1-26(56)47-34-22-29(45)10-13-37(34)54(7)20-18-52(5)16-15-28-9-12-36-31(21-28)32(25-55(36)8)39-33(41(42,43)44)24-46-40(50-39)49-30-11-14-38(35(23-30)48-27(2)57)53(6)19-17-51(3)4/h9-14,21-25H,15-20,45H2,1-8H3,(H,47,56)(H,48,57)(H,46,49,50). The fourth-order valence-electron chi connectivity index (χ4n) is 6.52. The van der Waals surface area contributed by atoms with E-state index in [1.54, 1.807) is 42.1 Å². The van der Waals surface area contributed by atoms with Crippen LogP contribution in [0.25, 0.3) is 22.2 Å². The third kappa shape index (κ3) is 10.9. The van der Waals surface area contributed by atoms with Gasteiger partial charge in [-0.05, 0) is 81.7 Å². The average Bonchev–Trinajstić information content (AvgIpc) is 3.46. The highest BCUT2D eigenvalue weighted by Gasteiger charge is 2.36. The van der Waals surface area contributed by atoms with Gasteiger partial charge in [0, 0.05) is 108 Å². The molecule has 3 aromatic carbocycles. The maximum absolute atomic E-state index is 14.5. The number of hydrogen-bond donors (Lipinski definition) is 4. The number of alkyl halides is 3. The third-order valence-corrected chi connectivity index (χ3v) is 9.60. The van der Waals surface area contributed by atoms with Crippen LogP contribution in [-0.2, 0) is 29.2 Å². The molecule has 0 bridgehead atoms. The molecule has 304 valence electrons. The van der Waals surface area contributed by atoms with Crippen molar-refractivity contribution in [2.24, 2.45) is 7.05 Å². The molecule has 13 nitrogen and oxygen atoms in total. The molecule has 0 unspecified atom stereocenters. The molecule has 5 aromatic rings. The van der Waals surface area contributed by atoms with Crippen molar-refractivity contribution < 1.29 is 22.8 Å². The van der Waals surface area contributed by atoms with E-state index in [-0.39, 0.29) is 23.5 Å². The molecule has 0 saturated carbocycles. The molecular formula is C41H52F3N11O2. The number of aryl methyl sites for hydroxylation is 1. The maximum Gasteiger partial charge on any atom is 0.419 e. The Kier molecular flexibility index (Phi) is 13.3. The van der Waals surface area contributed by atoms with Crippen LogP contribution in [-0.4, -0.2) is 104 Å². The largest absolute Gasteiger partial charge is 0.419 e. The fraction of sp³-hybridized carbons (Fsp3) is 0.366. The van der Waals surface area contributed by atoms with Gasteiger partial charge in [-0.15, -0.1) is 0 Å². The predicted octanol–water partition coefficient (Wildman–Crippen LogP) is 6.51. The Bertz CT molecular complexity index is 2220. The molecule has 5 N–H and O–H groups in total. The summed E-state index contributed by atoms with van der Waals surface area (Å²) in [5, 5.41) is 9.40. The number of likely N-dealkylation sites (N-methyl/N-ethyl adjacent to an activating group) is 4. The molecule has 0 fully saturated rings. The van der Waals surface area contributed by atoms with Crippen molar-refractivity contribution in [1.82, 2.24) is 24.3 Å². The van der Waals surface area contributed by atoms with Crippen LogP contribution in [0.1, 0.15) is 25.0 Å². The first-order valence-corrected chi connectivity index (χ1v) is 18.5. The second-order valence-corrected chi connectivity index (χ2v) is 14.7. The summed E-state index contributed by atoms with van der Waals surface area (Å²) in [6.07, 6.45) is -1.59. The molecule has 16 heteroatoms. The molecule has 2 heterocycles. The average molecular weight is 788 g/mol. The van der Waals surface area contributed by atoms with Crippen molar-refractivity contribution in [3.05, 3.63) is 78.1 Å². The Balaban J connectivity index is 1.37. The van der Waals surface area contributed by atoms with Crippen LogP contribution >= 0.6 is 0 Å². The van der Waals surface area contributed by atoms with E-state index in [1.165, 1.54) is 13.8 Å². The third-order valence-electron chi connectivity index (χ3n) is 9.60. The van der Waals surface area contributed by atoms with Gasteiger partial charge in [-0.3, -0.25) is 9.59 Å². The van der Waals surface area contributed by atoms with E-state index in [2.05, 4.69) is 40.6 Å². The second kappa shape index (κ2) is 17.9. The van der Waals surface area contributed by atoms with E-state index >= 15 is 0 Å². The van der Waals surface area contributed by atoms with E-state index in [9.17, 15) is 22.8 Å². The van der Waals surface area contributed by atoms with Gasteiger partial charge in [0.15, 0.2) is 0 Å². The van der Waals surface area contributed by atoms with Gasteiger partial charge in [-0.2, -0.15) is 13.2 Å². The van der Waals surface area contributed by atoms with Gasteiger partial charge in [0.2, 0.25) is 17.8 Å². The lowest BCUT2D eigenvalue weighted by Gasteiger charge is -2.26. The van der Waals surface area contributed by atoms with Crippen LogP contribution in [0, 0.1) is 0 Å². The number of fused-ring (bicyclic) bond motifs is 1. The van der Waals surface area contributed by atoms with Crippen LogP contribution in [0.15, 0.2) is 67.0 Å². The molecule has 0 radical (unpaired) electrons. The van der Waals surface area contributed by atoms with Crippen molar-refractivity contribution >= 4 is 62.8 Å². The molecule has 0 atom stereocenters. The molecule has 5 rings (SSSR count). The van der Waals surface area contributed by atoms with Gasteiger partial charge in [-0.25, -0.2) is 9.97 Å². The minimum Gasteiger partial charge on any atom is -0.399 e. The van der Waals surface area contributed by atoms with Gasteiger partial charge >= 0.3 is 6.18 Å². The number of nitrogens with two attached hydrogens (primary N) is 1. The lowest BCUT2D eigenvalue weighted by molar-refractivity contribution is -0.137. The summed E-state index contributed by atoms with van der Waals surface area (Å²) in [4.78, 5) is 40.7. The molecular weight excluding hydrogens is 736 g/mol. The first kappa shape index (κ1) is 42.3. The highest BCUT2D eigenvalue weighted by molar-refractivity contribution is 5.97. The topological polar surface area (TPSA) is 140 Å². The number of nitrogen functional groups attached to an aromatic ring is 1. The molecule has 0 spiro atoms. The molecule has 0 saturated heterocycles. The van der Waals surface area contributed by atoms with Gasteiger partial charge in [0.25, 0.3) is 0 Å². The summed E-state index contributed by atoms with van der Waals surface area (Å²) < 4.78 is 45.4. The zero-order valence-electron chi connectivity index (χ0n) is 33.8. The number of halogens is 3. The quantitative estimate of drug-likeness (QED) is 0.0820. The molecule has 2 aromatic heterocycles. The highest BCUT2D eigenvalue weighted by atomic mass is 19.4. The van der Waals surface area contributed by atoms with Crippen molar-refractivity contribution in [1.29, 1.82) is 0 Å². The Hall–Kier alpha value is -5.87. The Morgan fingerprint density at radius 3 is 2.07 bits per heavy atom. The number of hydrogen-bond acceptors (Lipinski definition) is 10. The summed E-state index contributed by atoms with van der Waals surface area (Å²) in [5.41, 5.74) is 10.7. The van der Waals surface area contributed by atoms with Crippen molar-refractivity contribution in [2.45, 2.75) is 26.4 Å². The monoisotopic (exact) mass is 787 g/mol. The van der Waals surface area contributed by atoms with Crippen LogP contribution < -0.4 is 31.5 Å². The van der Waals surface area contributed by atoms with Crippen molar-refractivity contribution in [2.75, 3.05) is 99.4 Å². The Labute approximate surface area is 331 Å². The number of nitrogens with zero attached hydrogens (tertiary/aromatic N) is 7. The summed E-state index contributed by atoms with van der Waals surface area (Å²) >= 11 is 0. The van der Waals surface area contributed by atoms with Crippen molar-refractivity contribution in [3.8, 4) is 11.3 Å². The number of amides is 2. The van der Waals surface area contributed by atoms with E-state index in [0.717, 1.165) is 35.2 Å². The van der Waals surface area contributed by atoms with Crippen LogP contribution in [0.5, 0.6) is 0 Å². The van der Waals surface area contributed by atoms with E-state index < -0.39 is 11.7 Å². The lowest BCUT2D eigenvalue weighted by Crippen LogP contribution is -2.32.